The first kappa shape index (κ1) is 22.3. The van der Waals surface area contributed by atoms with Crippen LogP contribution in [-0.2, 0) is 16.6 Å². The second-order valence-electron chi connectivity index (χ2n) is 7.29. The molecule has 3 rings (SSSR count). The maximum Gasteiger partial charge on any atom is 0.240 e. The molecular weight excluding hydrogens is 402 g/mol. The van der Waals surface area contributed by atoms with Crippen molar-refractivity contribution in [3.63, 3.8) is 0 Å². The van der Waals surface area contributed by atoms with Gasteiger partial charge < -0.3 is 15.1 Å². The van der Waals surface area contributed by atoms with Crippen LogP contribution in [0.4, 0.5) is 0 Å². The number of nitrogens with zero attached hydrogens (tertiary/aromatic N) is 2. The van der Waals surface area contributed by atoms with Crippen molar-refractivity contribution in [1.82, 2.24) is 20.3 Å². The first-order valence-corrected chi connectivity index (χ1v) is 11.8. The zero-order valence-electron chi connectivity index (χ0n) is 17.6. The molecule has 8 nitrogen and oxygen atoms in total. The maximum atomic E-state index is 11.8. The summed E-state index contributed by atoms with van der Waals surface area (Å²) in [4.78, 5) is 7.02. The average Bonchev–Trinajstić information content (AvgIpc) is 3.31. The van der Waals surface area contributed by atoms with E-state index in [2.05, 4.69) is 25.2 Å². The van der Waals surface area contributed by atoms with Gasteiger partial charge in [-0.2, -0.15) is 0 Å². The number of guanidine groups is 1. The van der Waals surface area contributed by atoms with Crippen molar-refractivity contribution in [2.24, 2.45) is 4.99 Å². The summed E-state index contributed by atoms with van der Waals surface area (Å²) in [5.74, 6) is 1.65. The van der Waals surface area contributed by atoms with Crippen LogP contribution >= 0.6 is 0 Å². The fraction of sp³-hybridized carbons (Fsp3) is 0.476. The van der Waals surface area contributed by atoms with Gasteiger partial charge in [0.25, 0.3) is 0 Å². The van der Waals surface area contributed by atoms with Crippen LogP contribution in [0.3, 0.4) is 0 Å². The molecule has 0 saturated carbocycles. The minimum absolute atomic E-state index is 0.157. The Kier molecular flexibility index (Phi) is 7.89. The lowest BCUT2D eigenvalue weighted by Gasteiger charge is -2.33. The smallest absolute Gasteiger partial charge is 0.240 e. The Balaban J connectivity index is 1.57. The van der Waals surface area contributed by atoms with Gasteiger partial charge in [0.2, 0.25) is 10.0 Å². The summed E-state index contributed by atoms with van der Waals surface area (Å²) in [6.45, 7) is 3.36. The van der Waals surface area contributed by atoms with Gasteiger partial charge in [0.1, 0.15) is 5.76 Å². The summed E-state index contributed by atoms with van der Waals surface area (Å²) in [7, 11) is -0.281. The van der Waals surface area contributed by atoms with E-state index in [4.69, 9.17) is 4.42 Å². The number of rotatable bonds is 8. The molecule has 30 heavy (non-hydrogen) atoms. The monoisotopic (exact) mass is 433 g/mol. The molecule has 0 bridgehead atoms. The molecule has 1 saturated heterocycles. The number of hydrogen-bond acceptors (Lipinski definition) is 5. The van der Waals surface area contributed by atoms with Crippen LogP contribution in [-0.4, -0.2) is 53.0 Å². The number of benzene rings is 1. The van der Waals surface area contributed by atoms with E-state index in [9.17, 15) is 8.42 Å². The summed E-state index contributed by atoms with van der Waals surface area (Å²) in [6.07, 6.45) is 5.43. The van der Waals surface area contributed by atoms with Crippen molar-refractivity contribution < 1.29 is 12.8 Å². The third kappa shape index (κ3) is 5.84. The van der Waals surface area contributed by atoms with Gasteiger partial charge in [0.15, 0.2) is 5.96 Å². The van der Waals surface area contributed by atoms with Crippen LogP contribution in [0.2, 0.25) is 0 Å². The van der Waals surface area contributed by atoms with Crippen LogP contribution in [0.1, 0.15) is 36.6 Å². The minimum atomic E-state index is -3.42. The van der Waals surface area contributed by atoms with Gasteiger partial charge in [-0.15, -0.1) is 0 Å². The maximum absolute atomic E-state index is 11.8. The Hall–Kier alpha value is -2.36. The molecular formula is C21H31N5O3S. The molecule has 0 radical (unpaired) electrons. The molecule has 1 aliphatic rings. The first-order chi connectivity index (χ1) is 14.5. The standard InChI is InChI=1S/C21H31N5O3S/c1-22-21(24-15-17-8-10-18(11-9-17)30(27,28)23-2)25-16-19(20-7-6-14-29-20)26-12-4-3-5-13-26/h6-11,14,19,23H,3-5,12-13,15-16H2,1-2H3,(H2,22,24,25). The molecule has 1 unspecified atom stereocenters. The second kappa shape index (κ2) is 10.6. The number of hydrogen-bond donors (Lipinski definition) is 3. The summed E-state index contributed by atoms with van der Waals surface area (Å²) in [5, 5.41) is 6.69. The highest BCUT2D eigenvalue weighted by molar-refractivity contribution is 7.89. The largest absolute Gasteiger partial charge is 0.468 e. The highest BCUT2D eigenvalue weighted by atomic mass is 32.2. The van der Waals surface area contributed by atoms with E-state index in [0.717, 1.165) is 24.4 Å². The number of piperidine rings is 1. The summed E-state index contributed by atoms with van der Waals surface area (Å²) in [5.41, 5.74) is 0.964. The molecule has 1 fully saturated rings. The van der Waals surface area contributed by atoms with E-state index >= 15 is 0 Å². The molecule has 2 aromatic rings. The van der Waals surface area contributed by atoms with Gasteiger partial charge in [0, 0.05) is 20.1 Å². The summed E-state index contributed by atoms with van der Waals surface area (Å²) in [6, 6.07) is 10.9. The number of likely N-dealkylation sites (tertiary alicyclic amines) is 1. The molecule has 2 heterocycles. The molecule has 1 atom stereocenters. The number of nitrogens with one attached hydrogen (secondary N) is 3. The predicted octanol–water partition coefficient (Wildman–Crippen LogP) is 2.08. The number of sulfonamides is 1. The molecule has 0 spiro atoms. The normalized spacial score (nSPS) is 16.9. The van der Waals surface area contributed by atoms with E-state index < -0.39 is 10.0 Å². The third-order valence-corrected chi connectivity index (χ3v) is 6.78. The van der Waals surface area contributed by atoms with E-state index in [1.807, 2.05) is 12.1 Å². The fourth-order valence-corrected chi connectivity index (χ4v) is 4.35. The summed E-state index contributed by atoms with van der Waals surface area (Å²) < 4.78 is 31.7. The van der Waals surface area contributed by atoms with E-state index in [1.54, 1.807) is 37.6 Å². The van der Waals surface area contributed by atoms with Gasteiger partial charge in [-0.1, -0.05) is 18.6 Å². The fourth-order valence-electron chi connectivity index (χ4n) is 3.62. The van der Waals surface area contributed by atoms with Crippen LogP contribution in [0.25, 0.3) is 0 Å². The first-order valence-electron chi connectivity index (χ1n) is 10.3. The lowest BCUT2D eigenvalue weighted by Crippen LogP contribution is -2.44. The Morgan fingerprint density at radius 3 is 2.47 bits per heavy atom. The van der Waals surface area contributed by atoms with E-state index in [0.29, 0.717) is 19.0 Å². The van der Waals surface area contributed by atoms with Crippen molar-refractivity contribution in [2.75, 3.05) is 33.7 Å². The van der Waals surface area contributed by atoms with Gasteiger partial charge in [-0.05, 0) is 62.8 Å². The molecule has 3 N–H and O–H groups in total. The highest BCUT2D eigenvalue weighted by Crippen LogP contribution is 2.24. The molecule has 9 heteroatoms. The Labute approximate surface area is 178 Å². The Morgan fingerprint density at radius 2 is 1.87 bits per heavy atom. The minimum Gasteiger partial charge on any atom is -0.468 e. The van der Waals surface area contributed by atoms with E-state index in [1.165, 1.54) is 26.3 Å². The van der Waals surface area contributed by atoms with Crippen LogP contribution in [0.15, 0.2) is 57.0 Å². The van der Waals surface area contributed by atoms with E-state index in [-0.39, 0.29) is 10.9 Å². The second-order valence-corrected chi connectivity index (χ2v) is 9.17. The lowest BCUT2D eigenvalue weighted by molar-refractivity contribution is 0.146. The van der Waals surface area contributed by atoms with Crippen molar-refractivity contribution in [1.29, 1.82) is 0 Å². The van der Waals surface area contributed by atoms with Crippen LogP contribution in [0, 0.1) is 0 Å². The van der Waals surface area contributed by atoms with Crippen molar-refractivity contribution in [2.45, 2.75) is 36.7 Å². The molecule has 164 valence electrons. The number of aliphatic imine (C=N–C) groups is 1. The third-order valence-electron chi connectivity index (χ3n) is 5.35. The summed E-state index contributed by atoms with van der Waals surface area (Å²) >= 11 is 0. The van der Waals surface area contributed by atoms with Gasteiger partial charge in [0.05, 0.1) is 17.2 Å². The lowest BCUT2D eigenvalue weighted by atomic mass is 10.1. The Bertz CT molecular complexity index is 905. The van der Waals surface area contributed by atoms with Crippen LogP contribution < -0.4 is 15.4 Å². The zero-order valence-corrected chi connectivity index (χ0v) is 18.4. The van der Waals surface area contributed by atoms with Crippen molar-refractivity contribution in [3.8, 4) is 0 Å². The topological polar surface area (TPSA) is 99.0 Å². The molecule has 0 aliphatic carbocycles. The van der Waals surface area contributed by atoms with Gasteiger partial charge >= 0.3 is 0 Å². The molecule has 1 aromatic carbocycles. The van der Waals surface area contributed by atoms with Crippen LogP contribution in [0.5, 0.6) is 0 Å². The quantitative estimate of drug-likeness (QED) is 0.436. The molecule has 0 amide bonds. The SMILES string of the molecule is CN=C(NCc1ccc(S(=O)(=O)NC)cc1)NCC(c1ccco1)N1CCCCC1. The van der Waals surface area contributed by atoms with Crippen molar-refractivity contribution in [3.05, 3.63) is 54.0 Å². The van der Waals surface area contributed by atoms with Crippen molar-refractivity contribution >= 4 is 16.0 Å². The Morgan fingerprint density at radius 1 is 1.13 bits per heavy atom. The molecule has 1 aromatic heterocycles. The molecule has 1 aliphatic heterocycles. The highest BCUT2D eigenvalue weighted by Gasteiger charge is 2.24. The zero-order chi connectivity index (χ0) is 21.4. The average molecular weight is 434 g/mol. The van der Waals surface area contributed by atoms with Gasteiger partial charge in [-0.25, -0.2) is 13.1 Å². The number of furan rings is 1. The predicted molar refractivity (Wildman–Crippen MR) is 118 cm³/mol. The van der Waals surface area contributed by atoms with Gasteiger partial charge in [-0.3, -0.25) is 9.89 Å².